The number of ether oxygens (including phenoxy) is 1. The molecule has 3 nitrogen and oxygen atoms in total. The molecular formula is C10H8ClF3N2O. The number of aromatic nitrogens is 1. The lowest BCUT2D eigenvalue weighted by Gasteiger charge is -2.14. The van der Waals surface area contributed by atoms with Gasteiger partial charge in [0.05, 0.1) is 12.5 Å². The topological polar surface area (TPSA) is 45.9 Å². The SMILES string of the molecule is Cc1c(CCl)cnc(OC(F)(F)F)c1CC#N. The van der Waals surface area contributed by atoms with Crippen molar-refractivity contribution in [2.24, 2.45) is 0 Å². The molecule has 0 bridgehead atoms. The molecule has 0 aromatic carbocycles. The van der Waals surface area contributed by atoms with Crippen molar-refractivity contribution in [2.45, 2.75) is 25.6 Å². The fraction of sp³-hybridized carbons (Fsp3) is 0.400. The van der Waals surface area contributed by atoms with Crippen LogP contribution in [0.3, 0.4) is 0 Å². The molecule has 0 spiro atoms. The third-order valence-corrected chi connectivity index (χ3v) is 2.43. The van der Waals surface area contributed by atoms with Gasteiger partial charge in [-0.05, 0) is 18.1 Å². The van der Waals surface area contributed by atoms with Gasteiger partial charge in [-0.1, -0.05) is 0 Å². The third-order valence-electron chi connectivity index (χ3n) is 2.14. The van der Waals surface area contributed by atoms with Gasteiger partial charge in [0, 0.05) is 17.6 Å². The van der Waals surface area contributed by atoms with Gasteiger partial charge in [0.1, 0.15) is 0 Å². The van der Waals surface area contributed by atoms with Gasteiger partial charge in [0.25, 0.3) is 0 Å². The second-order valence-electron chi connectivity index (χ2n) is 3.21. The van der Waals surface area contributed by atoms with Gasteiger partial charge < -0.3 is 4.74 Å². The molecule has 92 valence electrons. The predicted octanol–water partition coefficient (Wildman–Crippen LogP) is 3.09. The van der Waals surface area contributed by atoms with Crippen LogP contribution >= 0.6 is 11.6 Å². The standard InChI is InChI=1S/C10H8ClF3N2O/c1-6-7(4-11)5-16-9(8(6)2-3-15)17-10(12,13)14/h5H,2,4H2,1H3. The van der Waals surface area contributed by atoms with Crippen molar-refractivity contribution >= 4 is 11.6 Å². The van der Waals surface area contributed by atoms with E-state index in [-0.39, 0.29) is 17.9 Å². The molecule has 0 amide bonds. The molecule has 1 aromatic rings. The molecule has 0 aliphatic carbocycles. The van der Waals surface area contributed by atoms with E-state index in [1.54, 1.807) is 13.0 Å². The molecule has 1 aromatic heterocycles. The summed E-state index contributed by atoms with van der Waals surface area (Å²) in [6.45, 7) is 1.58. The lowest BCUT2D eigenvalue weighted by Crippen LogP contribution is -2.19. The van der Waals surface area contributed by atoms with Crippen LogP contribution < -0.4 is 4.74 Å². The van der Waals surface area contributed by atoms with E-state index in [1.807, 2.05) is 0 Å². The van der Waals surface area contributed by atoms with Crippen molar-refractivity contribution in [1.82, 2.24) is 4.98 Å². The molecule has 0 saturated heterocycles. The number of pyridine rings is 1. The minimum absolute atomic E-state index is 0.114. The average molecular weight is 265 g/mol. The van der Waals surface area contributed by atoms with E-state index in [0.29, 0.717) is 11.1 Å². The van der Waals surface area contributed by atoms with Gasteiger partial charge >= 0.3 is 6.36 Å². The third kappa shape index (κ3) is 3.49. The Labute approximate surface area is 101 Å². The van der Waals surface area contributed by atoms with E-state index in [4.69, 9.17) is 16.9 Å². The minimum Gasteiger partial charge on any atom is -0.388 e. The van der Waals surface area contributed by atoms with Gasteiger partial charge in [-0.3, -0.25) is 0 Å². The Morgan fingerprint density at radius 2 is 2.18 bits per heavy atom. The monoisotopic (exact) mass is 264 g/mol. The molecule has 1 heterocycles. The summed E-state index contributed by atoms with van der Waals surface area (Å²) in [6, 6.07) is 1.77. The van der Waals surface area contributed by atoms with Gasteiger partial charge in [-0.25, -0.2) is 4.98 Å². The fourth-order valence-corrected chi connectivity index (χ4v) is 1.55. The molecule has 0 aliphatic rings. The highest BCUT2D eigenvalue weighted by Crippen LogP contribution is 2.28. The Morgan fingerprint density at radius 1 is 1.53 bits per heavy atom. The summed E-state index contributed by atoms with van der Waals surface area (Å²) in [5, 5.41) is 8.58. The second-order valence-corrected chi connectivity index (χ2v) is 3.48. The summed E-state index contributed by atoms with van der Waals surface area (Å²) in [6.07, 6.45) is -3.83. The number of nitriles is 1. The van der Waals surface area contributed by atoms with Crippen molar-refractivity contribution in [3.05, 3.63) is 22.9 Å². The van der Waals surface area contributed by atoms with E-state index >= 15 is 0 Å². The fourth-order valence-electron chi connectivity index (χ4n) is 1.29. The molecule has 0 fully saturated rings. The molecule has 7 heteroatoms. The van der Waals surface area contributed by atoms with E-state index in [2.05, 4.69) is 9.72 Å². The molecule has 0 unspecified atom stereocenters. The van der Waals surface area contributed by atoms with E-state index in [0.717, 1.165) is 0 Å². The Balaban J connectivity index is 3.22. The number of hydrogen-bond donors (Lipinski definition) is 0. The van der Waals surface area contributed by atoms with Crippen LogP contribution in [0.4, 0.5) is 13.2 Å². The Kier molecular flexibility index (Phi) is 4.18. The first kappa shape index (κ1) is 13.6. The maximum absolute atomic E-state index is 12.1. The first-order valence-electron chi connectivity index (χ1n) is 4.55. The summed E-state index contributed by atoms with van der Waals surface area (Å²) >= 11 is 5.60. The average Bonchev–Trinajstić information content (AvgIpc) is 2.22. The van der Waals surface area contributed by atoms with Crippen LogP contribution in [-0.2, 0) is 12.3 Å². The van der Waals surface area contributed by atoms with Gasteiger partial charge in [-0.2, -0.15) is 5.26 Å². The zero-order valence-electron chi connectivity index (χ0n) is 8.81. The summed E-state index contributed by atoms with van der Waals surface area (Å²) < 4.78 is 40.1. The number of hydrogen-bond acceptors (Lipinski definition) is 3. The quantitative estimate of drug-likeness (QED) is 0.788. The van der Waals surface area contributed by atoms with Crippen molar-refractivity contribution < 1.29 is 17.9 Å². The summed E-state index contributed by atoms with van der Waals surface area (Å²) in [5.74, 6) is -0.478. The normalized spacial score (nSPS) is 11.1. The first-order chi connectivity index (χ1) is 7.89. The van der Waals surface area contributed by atoms with E-state index in [9.17, 15) is 13.2 Å². The Morgan fingerprint density at radius 3 is 2.65 bits per heavy atom. The number of alkyl halides is 4. The summed E-state index contributed by atoms with van der Waals surface area (Å²) in [5.41, 5.74) is 1.19. The first-order valence-corrected chi connectivity index (χ1v) is 5.08. The molecular weight excluding hydrogens is 257 g/mol. The highest BCUT2D eigenvalue weighted by atomic mass is 35.5. The molecule has 17 heavy (non-hydrogen) atoms. The maximum Gasteiger partial charge on any atom is 0.574 e. The number of rotatable bonds is 3. The Hall–Kier alpha value is -1.48. The van der Waals surface area contributed by atoms with E-state index in [1.165, 1.54) is 6.20 Å². The van der Waals surface area contributed by atoms with Crippen molar-refractivity contribution in [2.75, 3.05) is 0 Å². The van der Waals surface area contributed by atoms with Crippen molar-refractivity contribution in [1.29, 1.82) is 5.26 Å². The number of halogens is 4. The summed E-state index contributed by atoms with van der Waals surface area (Å²) in [7, 11) is 0. The summed E-state index contributed by atoms with van der Waals surface area (Å²) in [4.78, 5) is 3.54. The van der Waals surface area contributed by atoms with Crippen LogP contribution in [0.1, 0.15) is 16.7 Å². The van der Waals surface area contributed by atoms with Crippen LogP contribution in [0.5, 0.6) is 5.88 Å². The van der Waals surface area contributed by atoms with Crippen LogP contribution in [-0.4, -0.2) is 11.3 Å². The van der Waals surface area contributed by atoms with Gasteiger partial charge in [0.15, 0.2) is 0 Å². The highest BCUT2D eigenvalue weighted by molar-refractivity contribution is 6.17. The molecule has 0 saturated carbocycles. The van der Waals surface area contributed by atoms with Gasteiger partial charge in [0.2, 0.25) is 5.88 Å². The van der Waals surface area contributed by atoms with Crippen LogP contribution in [0.2, 0.25) is 0 Å². The zero-order valence-corrected chi connectivity index (χ0v) is 9.56. The van der Waals surface area contributed by atoms with Crippen LogP contribution in [0.25, 0.3) is 0 Å². The van der Waals surface area contributed by atoms with Crippen molar-refractivity contribution in [3.8, 4) is 11.9 Å². The molecule has 0 radical (unpaired) electrons. The molecule has 0 atom stereocenters. The van der Waals surface area contributed by atoms with Crippen molar-refractivity contribution in [3.63, 3.8) is 0 Å². The lowest BCUT2D eigenvalue weighted by atomic mass is 10.0. The largest absolute Gasteiger partial charge is 0.574 e. The highest BCUT2D eigenvalue weighted by Gasteiger charge is 2.33. The Bertz CT molecular complexity index is 454. The maximum atomic E-state index is 12.1. The smallest absolute Gasteiger partial charge is 0.388 e. The number of nitrogens with zero attached hydrogens (tertiary/aromatic N) is 2. The molecule has 0 aliphatic heterocycles. The lowest BCUT2D eigenvalue weighted by molar-refractivity contribution is -0.276. The van der Waals surface area contributed by atoms with Crippen LogP contribution in [0.15, 0.2) is 6.20 Å². The van der Waals surface area contributed by atoms with Gasteiger partial charge in [-0.15, -0.1) is 24.8 Å². The molecule has 0 N–H and O–H groups in total. The minimum atomic E-state index is -4.83. The second kappa shape index (κ2) is 5.23. The predicted molar refractivity (Wildman–Crippen MR) is 54.5 cm³/mol. The van der Waals surface area contributed by atoms with E-state index < -0.39 is 12.2 Å². The van der Waals surface area contributed by atoms with Crippen LogP contribution in [0, 0.1) is 18.3 Å². The zero-order chi connectivity index (χ0) is 13.1. The molecule has 1 rings (SSSR count).